The number of anilines is 1. The number of unbranched alkanes of at least 4 members (excludes halogenated alkanes) is 3. The number of nitrogens with one attached hydrogen (secondary N) is 1. The van der Waals surface area contributed by atoms with Gasteiger partial charge in [-0.05, 0) is 51.7 Å². The largest absolute Gasteiger partial charge is 0.493 e. The highest BCUT2D eigenvalue weighted by atomic mass is 32.2. The van der Waals surface area contributed by atoms with Crippen LogP contribution < -0.4 is 34.1 Å². The molecule has 0 aliphatic heterocycles. The van der Waals surface area contributed by atoms with E-state index >= 15 is 0 Å². The quantitative estimate of drug-likeness (QED) is 0.133. The van der Waals surface area contributed by atoms with Crippen LogP contribution in [0.3, 0.4) is 0 Å². The number of hydrogen-bond acceptors (Lipinski definition) is 9. The fraction of sp³-hybridized carbons (Fsp3) is 0.424. The molecular weight excluding hydrogens is 669 g/mol. The smallest absolute Gasteiger partial charge is 0.422 e. The Bertz CT molecular complexity index is 1920. The number of methoxy groups -OCH3 is 2. The van der Waals surface area contributed by atoms with Gasteiger partial charge in [-0.1, -0.05) is 12.8 Å². The van der Waals surface area contributed by atoms with Gasteiger partial charge in [-0.25, -0.2) is 13.2 Å². The molecule has 4 aromatic rings. The van der Waals surface area contributed by atoms with Gasteiger partial charge < -0.3 is 28.6 Å². The molecule has 0 fully saturated rings. The monoisotopic (exact) mass is 710 g/mol. The Morgan fingerprint density at radius 2 is 1.39 bits per heavy atom. The Balaban J connectivity index is 1.70. The van der Waals surface area contributed by atoms with Crippen LogP contribution >= 0.6 is 0 Å². The molecule has 0 spiro atoms. The molecule has 1 N–H and O–H groups in total. The van der Waals surface area contributed by atoms with Crippen LogP contribution in [-0.2, 0) is 24.1 Å². The zero-order chi connectivity index (χ0) is 35.9. The maximum atomic E-state index is 13.6. The average Bonchev–Trinajstić information content (AvgIpc) is 3.25. The fourth-order valence-corrected chi connectivity index (χ4v) is 6.09. The van der Waals surface area contributed by atoms with Crippen molar-refractivity contribution in [3.05, 3.63) is 59.0 Å². The van der Waals surface area contributed by atoms with Crippen molar-refractivity contribution in [2.24, 2.45) is 14.1 Å². The highest BCUT2D eigenvalue weighted by Gasteiger charge is 2.29. The lowest BCUT2D eigenvalue weighted by Crippen LogP contribution is -2.19. The predicted octanol–water partition coefficient (Wildman–Crippen LogP) is 5.93. The summed E-state index contributed by atoms with van der Waals surface area (Å²) in [6.07, 6.45) is -0.944. The lowest BCUT2D eigenvalue weighted by molar-refractivity contribution is -0.153. The summed E-state index contributed by atoms with van der Waals surface area (Å²) in [5.41, 5.74) is 0.375. The summed E-state index contributed by atoms with van der Waals surface area (Å²) in [6, 6.07) is 11.0. The van der Waals surface area contributed by atoms with Crippen LogP contribution in [-0.4, -0.2) is 76.7 Å². The second-order valence-corrected chi connectivity index (χ2v) is 13.3. The van der Waals surface area contributed by atoms with Crippen LogP contribution in [0.4, 0.5) is 18.9 Å². The van der Waals surface area contributed by atoms with Gasteiger partial charge in [0.25, 0.3) is 10.0 Å². The molecule has 0 amide bonds. The van der Waals surface area contributed by atoms with Gasteiger partial charge in [-0.15, -0.1) is 0 Å². The van der Waals surface area contributed by atoms with Crippen molar-refractivity contribution in [3.8, 4) is 34.5 Å². The Kier molecular flexibility index (Phi) is 12.0. The summed E-state index contributed by atoms with van der Waals surface area (Å²) in [4.78, 5) is 14.7. The first-order chi connectivity index (χ1) is 23.1. The van der Waals surface area contributed by atoms with Crippen molar-refractivity contribution in [3.63, 3.8) is 0 Å². The molecule has 0 atom stereocenters. The van der Waals surface area contributed by atoms with E-state index in [2.05, 4.69) is 9.62 Å². The minimum absolute atomic E-state index is 0.00695. The summed E-state index contributed by atoms with van der Waals surface area (Å²) in [5, 5.41) is 0. The van der Waals surface area contributed by atoms with E-state index in [1.54, 1.807) is 7.05 Å². The summed E-state index contributed by atoms with van der Waals surface area (Å²) in [5.74, 6) is 0.491. The molecule has 4 rings (SSSR count). The maximum Gasteiger partial charge on any atom is 0.422 e. The Hall–Kier alpha value is -4.57. The molecule has 1 heterocycles. The molecule has 16 heteroatoms. The Morgan fingerprint density at radius 3 is 2.02 bits per heavy atom. The topological polar surface area (TPSA) is 122 Å². The lowest BCUT2D eigenvalue weighted by Gasteiger charge is -2.17. The minimum Gasteiger partial charge on any atom is -0.493 e. The zero-order valence-electron chi connectivity index (χ0n) is 28.2. The number of alkyl halides is 3. The van der Waals surface area contributed by atoms with Crippen LogP contribution in [0, 0.1) is 0 Å². The predicted molar refractivity (Wildman–Crippen MR) is 179 cm³/mol. The van der Waals surface area contributed by atoms with E-state index in [9.17, 15) is 26.4 Å². The molecule has 0 radical (unpaired) electrons. The van der Waals surface area contributed by atoms with Gasteiger partial charge in [0.05, 0.1) is 42.4 Å². The van der Waals surface area contributed by atoms with Crippen LogP contribution in [0.25, 0.3) is 11.0 Å². The Morgan fingerprint density at radius 1 is 0.776 bits per heavy atom. The third-order valence-electron chi connectivity index (χ3n) is 7.54. The molecule has 0 saturated heterocycles. The third-order valence-corrected chi connectivity index (χ3v) is 8.90. The zero-order valence-corrected chi connectivity index (χ0v) is 29.0. The van der Waals surface area contributed by atoms with Crippen LogP contribution in [0.1, 0.15) is 25.7 Å². The normalized spacial score (nSPS) is 12.0. The van der Waals surface area contributed by atoms with Crippen molar-refractivity contribution in [1.29, 1.82) is 0 Å². The number of aromatic nitrogens is 2. The molecule has 0 aliphatic carbocycles. The van der Waals surface area contributed by atoms with Crippen molar-refractivity contribution >= 4 is 26.7 Å². The number of nitrogens with zero attached hydrogens (tertiary/aromatic N) is 3. The second-order valence-electron chi connectivity index (χ2n) is 11.6. The first-order valence-electron chi connectivity index (χ1n) is 15.4. The molecule has 49 heavy (non-hydrogen) atoms. The van der Waals surface area contributed by atoms with Gasteiger partial charge >= 0.3 is 11.9 Å². The fourth-order valence-electron chi connectivity index (χ4n) is 5.01. The molecule has 0 aliphatic rings. The van der Waals surface area contributed by atoms with Crippen molar-refractivity contribution in [1.82, 2.24) is 14.0 Å². The molecular formula is C33H41F3N4O8S. The summed E-state index contributed by atoms with van der Waals surface area (Å²) < 4.78 is 99.1. The molecule has 12 nitrogen and oxygen atoms in total. The standard InChI is InChI=1S/C33H41F3N4O8S/c1-38(2)13-9-7-8-10-14-46-22-15-23(47-21-33(34,35)36)17-24(16-22)48-30-20-28-27(39(3)32(41)40(28)4)19-26(30)37-49(42,43)25-11-12-29(44-5)31(18-25)45-6/h11-12,15-20,37H,7-10,13-14,21H2,1-6H3. The van der Waals surface area contributed by atoms with Gasteiger partial charge in [-0.2, -0.15) is 13.2 Å². The van der Waals surface area contributed by atoms with E-state index < -0.39 is 22.8 Å². The number of imidazole rings is 1. The van der Waals surface area contributed by atoms with E-state index in [0.717, 1.165) is 32.2 Å². The number of ether oxygens (including phenoxy) is 5. The molecule has 0 unspecified atom stereocenters. The summed E-state index contributed by atoms with van der Waals surface area (Å²) in [7, 11) is 5.60. The molecule has 0 saturated carbocycles. The average molecular weight is 711 g/mol. The highest BCUT2D eigenvalue weighted by Crippen LogP contribution is 2.39. The molecule has 3 aromatic carbocycles. The Labute approximate surface area is 282 Å². The third kappa shape index (κ3) is 9.75. The second kappa shape index (κ2) is 15.8. The number of sulfonamides is 1. The van der Waals surface area contributed by atoms with Gasteiger partial charge in [0.1, 0.15) is 17.2 Å². The first-order valence-corrected chi connectivity index (χ1v) is 16.8. The van der Waals surface area contributed by atoms with Crippen molar-refractivity contribution in [2.75, 3.05) is 52.8 Å². The van der Waals surface area contributed by atoms with Crippen LogP contribution in [0.15, 0.2) is 58.2 Å². The highest BCUT2D eigenvalue weighted by molar-refractivity contribution is 7.92. The maximum absolute atomic E-state index is 13.6. The van der Waals surface area contributed by atoms with E-state index in [0.29, 0.717) is 23.4 Å². The van der Waals surface area contributed by atoms with Gasteiger partial charge in [0.2, 0.25) is 0 Å². The van der Waals surface area contributed by atoms with E-state index in [4.69, 9.17) is 23.7 Å². The lowest BCUT2D eigenvalue weighted by atomic mass is 10.2. The van der Waals surface area contributed by atoms with Crippen molar-refractivity contribution in [2.45, 2.75) is 36.8 Å². The van der Waals surface area contributed by atoms with Crippen LogP contribution in [0.2, 0.25) is 0 Å². The number of halogens is 3. The van der Waals surface area contributed by atoms with E-state index in [1.807, 2.05) is 14.1 Å². The number of benzene rings is 3. The summed E-state index contributed by atoms with van der Waals surface area (Å²) in [6.45, 7) is -0.273. The summed E-state index contributed by atoms with van der Waals surface area (Å²) >= 11 is 0. The SMILES string of the molecule is COc1ccc(S(=O)(=O)Nc2cc3c(cc2Oc2cc(OCCCCCCN(C)C)cc(OCC(F)(F)F)c2)n(C)c(=O)n3C)cc1OC. The first kappa shape index (κ1) is 37.3. The van der Waals surface area contributed by atoms with Gasteiger partial charge in [0, 0.05) is 44.4 Å². The molecule has 1 aromatic heterocycles. The minimum atomic E-state index is -4.59. The van der Waals surface area contributed by atoms with E-state index in [-0.39, 0.29) is 45.0 Å². The molecule has 0 bridgehead atoms. The van der Waals surface area contributed by atoms with Gasteiger partial charge in [-0.3, -0.25) is 13.9 Å². The molecule has 268 valence electrons. The van der Waals surface area contributed by atoms with Gasteiger partial charge in [0.15, 0.2) is 23.9 Å². The van der Waals surface area contributed by atoms with E-state index in [1.165, 1.54) is 78.9 Å². The number of rotatable bonds is 17. The number of fused-ring (bicyclic) bond motifs is 1. The number of aryl methyl sites for hydroxylation is 2. The van der Waals surface area contributed by atoms with Crippen molar-refractivity contribution < 1.29 is 45.3 Å². The number of hydrogen-bond donors (Lipinski definition) is 1. The van der Waals surface area contributed by atoms with Crippen LogP contribution in [0.5, 0.6) is 34.5 Å².